The molecule has 0 saturated carbocycles. The van der Waals surface area contributed by atoms with Gasteiger partial charge in [-0.15, -0.1) is 5.10 Å². The molecule has 1 aromatic heterocycles. The molecule has 19 heavy (non-hydrogen) atoms. The van der Waals surface area contributed by atoms with E-state index < -0.39 is 11.1 Å². The molecule has 0 bridgehead atoms. The lowest BCUT2D eigenvalue weighted by Gasteiger charge is -2.09. The number of aromatic hydroxyl groups is 1. The zero-order chi connectivity index (χ0) is 13.4. The van der Waals surface area contributed by atoms with Gasteiger partial charge in [0, 0.05) is 6.07 Å². The quantitative estimate of drug-likeness (QED) is 0.712. The van der Waals surface area contributed by atoms with Gasteiger partial charge in [-0.05, 0) is 35.3 Å². The third-order valence-corrected chi connectivity index (χ3v) is 3.42. The summed E-state index contributed by atoms with van der Waals surface area (Å²) in [5.74, 6) is -0.314. The highest BCUT2D eigenvalue weighted by Crippen LogP contribution is 2.24. The van der Waals surface area contributed by atoms with Crippen LogP contribution in [-0.4, -0.2) is 28.9 Å². The van der Waals surface area contributed by atoms with Gasteiger partial charge >= 0.3 is 0 Å². The molecular formula is C12H8N3O3S-. The Morgan fingerprint density at radius 3 is 2.74 bits per heavy atom. The van der Waals surface area contributed by atoms with Crippen LogP contribution in [0.2, 0.25) is 0 Å². The monoisotopic (exact) mass is 274 g/mol. The lowest BCUT2D eigenvalue weighted by Crippen LogP contribution is -1.98. The Kier molecular flexibility index (Phi) is 2.77. The number of phenols is 1. The molecule has 0 saturated heterocycles. The van der Waals surface area contributed by atoms with E-state index in [0.29, 0.717) is 5.69 Å². The van der Waals surface area contributed by atoms with Crippen LogP contribution in [0.4, 0.5) is 0 Å². The summed E-state index contributed by atoms with van der Waals surface area (Å²) in [4.78, 5) is -0.145. The average Bonchev–Trinajstić information content (AvgIpc) is 2.82. The summed E-state index contributed by atoms with van der Waals surface area (Å²) >= 11 is -2.47. The molecule has 6 nitrogen and oxygen atoms in total. The van der Waals surface area contributed by atoms with Gasteiger partial charge in [-0.3, -0.25) is 4.21 Å². The summed E-state index contributed by atoms with van der Waals surface area (Å²) < 4.78 is 23.2. The molecule has 7 heteroatoms. The summed E-state index contributed by atoms with van der Waals surface area (Å²) in [6, 6.07) is 11.6. The highest BCUT2D eigenvalue weighted by atomic mass is 32.2. The first-order valence-electron chi connectivity index (χ1n) is 5.40. The van der Waals surface area contributed by atoms with Gasteiger partial charge in [-0.25, -0.2) is 4.68 Å². The molecule has 2 aromatic carbocycles. The molecule has 3 aromatic rings. The molecular weight excluding hydrogens is 266 g/mol. The smallest absolute Gasteiger partial charge is 0.132 e. The summed E-state index contributed by atoms with van der Waals surface area (Å²) in [5.41, 5.74) is 2.04. The van der Waals surface area contributed by atoms with E-state index in [1.165, 1.54) is 16.8 Å². The van der Waals surface area contributed by atoms with Crippen molar-refractivity contribution >= 4 is 22.1 Å². The fraction of sp³-hybridized carbons (Fsp3) is 0. The van der Waals surface area contributed by atoms with Gasteiger partial charge in [0.2, 0.25) is 0 Å². The molecule has 0 aliphatic carbocycles. The Morgan fingerprint density at radius 2 is 2.00 bits per heavy atom. The fourth-order valence-electron chi connectivity index (χ4n) is 1.84. The van der Waals surface area contributed by atoms with E-state index in [4.69, 9.17) is 0 Å². The molecule has 0 aliphatic heterocycles. The van der Waals surface area contributed by atoms with Crippen LogP contribution in [0.5, 0.6) is 5.75 Å². The van der Waals surface area contributed by atoms with Gasteiger partial charge in [-0.1, -0.05) is 17.3 Å². The lowest BCUT2D eigenvalue weighted by molar-refractivity contribution is 0.454. The van der Waals surface area contributed by atoms with Crippen molar-refractivity contribution in [2.24, 2.45) is 0 Å². The molecule has 3 rings (SSSR count). The Bertz CT molecular complexity index is 785. The van der Waals surface area contributed by atoms with Gasteiger partial charge in [0.25, 0.3) is 0 Å². The molecule has 0 fully saturated rings. The van der Waals surface area contributed by atoms with Gasteiger partial charge in [0.1, 0.15) is 11.3 Å². The van der Waals surface area contributed by atoms with Crippen LogP contribution in [0.15, 0.2) is 47.4 Å². The maximum absolute atomic E-state index is 10.8. The third-order valence-electron chi connectivity index (χ3n) is 2.72. The van der Waals surface area contributed by atoms with Gasteiger partial charge < -0.3 is 9.66 Å². The first-order chi connectivity index (χ1) is 9.16. The Morgan fingerprint density at radius 1 is 1.21 bits per heavy atom. The van der Waals surface area contributed by atoms with Gasteiger partial charge in [-0.2, -0.15) is 0 Å². The van der Waals surface area contributed by atoms with E-state index in [1.807, 2.05) is 24.3 Å². The molecule has 0 radical (unpaired) electrons. The standard InChI is InChI=1S/C12H9N3O3S/c16-11-7-8(5-6-12(11)19(17)18)15-10-4-2-1-3-9(10)13-14-15/h1-7,16H,(H,17,18)/p-1. The normalized spacial score (nSPS) is 12.7. The number of fused-ring (bicyclic) bond motifs is 1. The van der Waals surface area contributed by atoms with Crippen molar-refractivity contribution in [3.8, 4) is 11.4 Å². The highest BCUT2D eigenvalue weighted by Gasteiger charge is 2.08. The molecule has 96 valence electrons. The average molecular weight is 274 g/mol. The first-order valence-corrected chi connectivity index (χ1v) is 6.47. The highest BCUT2D eigenvalue weighted by molar-refractivity contribution is 7.79. The van der Waals surface area contributed by atoms with E-state index in [-0.39, 0.29) is 10.6 Å². The summed E-state index contributed by atoms with van der Waals surface area (Å²) in [7, 11) is 0. The minimum Gasteiger partial charge on any atom is -0.768 e. The Hall–Kier alpha value is -2.25. The van der Waals surface area contributed by atoms with Crippen LogP contribution in [-0.2, 0) is 11.1 Å². The predicted molar refractivity (Wildman–Crippen MR) is 67.7 cm³/mol. The SMILES string of the molecule is O=S([O-])c1ccc(-n2nnc3ccccc32)cc1O. The molecule has 1 heterocycles. The maximum Gasteiger partial charge on any atom is 0.132 e. The summed E-state index contributed by atoms with van der Waals surface area (Å²) in [6.45, 7) is 0. The van der Waals surface area contributed by atoms with Gasteiger partial charge in [0.15, 0.2) is 0 Å². The first kappa shape index (κ1) is 11.8. The third kappa shape index (κ3) is 1.98. The van der Waals surface area contributed by atoms with Crippen LogP contribution in [0, 0.1) is 0 Å². The number of aromatic nitrogens is 3. The number of rotatable bonds is 2. The second-order valence-electron chi connectivity index (χ2n) is 3.88. The van der Waals surface area contributed by atoms with Crippen LogP contribution in [0.3, 0.4) is 0 Å². The summed E-state index contributed by atoms with van der Waals surface area (Å²) in [5, 5.41) is 17.7. The number of para-hydroxylation sites is 1. The van der Waals surface area contributed by atoms with E-state index in [9.17, 15) is 13.9 Å². The maximum atomic E-state index is 10.8. The molecule has 0 amide bonds. The largest absolute Gasteiger partial charge is 0.768 e. The predicted octanol–water partition coefficient (Wildman–Crippen LogP) is 1.36. The van der Waals surface area contributed by atoms with E-state index >= 15 is 0 Å². The number of phenolic OH excluding ortho intramolecular Hbond substituents is 1. The van der Waals surface area contributed by atoms with Crippen molar-refractivity contribution in [1.29, 1.82) is 0 Å². The second kappa shape index (κ2) is 4.45. The van der Waals surface area contributed by atoms with Crippen molar-refractivity contribution in [1.82, 2.24) is 15.0 Å². The zero-order valence-corrected chi connectivity index (χ0v) is 10.4. The summed E-state index contributed by atoms with van der Waals surface area (Å²) in [6.07, 6.45) is 0. The van der Waals surface area contributed by atoms with E-state index in [1.54, 1.807) is 6.07 Å². The van der Waals surface area contributed by atoms with Crippen molar-refractivity contribution in [2.45, 2.75) is 4.90 Å². The van der Waals surface area contributed by atoms with Crippen molar-refractivity contribution in [3.63, 3.8) is 0 Å². The van der Waals surface area contributed by atoms with Crippen molar-refractivity contribution in [3.05, 3.63) is 42.5 Å². The van der Waals surface area contributed by atoms with Crippen LogP contribution in [0.1, 0.15) is 0 Å². The minimum absolute atomic E-state index is 0.145. The van der Waals surface area contributed by atoms with E-state index in [0.717, 1.165) is 11.0 Å². The Labute approximate surface area is 110 Å². The fourth-order valence-corrected chi connectivity index (χ4v) is 2.25. The van der Waals surface area contributed by atoms with Crippen LogP contribution >= 0.6 is 0 Å². The molecule has 0 aliphatic rings. The Balaban J connectivity index is 2.17. The number of benzene rings is 2. The molecule has 1 unspecified atom stereocenters. The van der Waals surface area contributed by atoms with E-state index in [2.05, 4.69) is 10.3 Å². The van der Waals surface area contributed by atoms with Crippen LogP contribution in [0.25, 0.3) is 16.7 Å². The van der Waals surface area contributed by atoms with Gasteiger partial charge in [0.05, 0.1) is 16.1 Å². The number of hydrogen-bond acceptors (Lipinski definition) is 5. The van der Waals surface area contributed by atoms with Crippen molar-refractivity contribution in [2.75, 3.05) is 0 Å². The second-order valence-corrected chi connectivity index (χ2v) is 4.79. The lowest BCUT2D eigenvalue weighted by atomic mass is 10.2. The molecule has 1 atom stereocenters. The molecule has 1 N–H and O–H groups in total. The molecule has 0 spiro atoms. The van der Waals surface area contributed by atoms with Crippen LogP contribution < -0.4 is 0 Å². The topological polar surface area (TPSA) is 91.1 Å². The zero-order valence-electron chi connectivity index (χ0n) is 9.56. The number of hydrogen-bond donors (Lipinski definition) is 1. The van der Waals surface area contributed by atoms with Crippen molar-refractivity contribution < 1.29 is 13.9 Å². The number of nitrogens with zero attached hydrogens (tertiary/aromatic N) is 3. The minimum atomic E-state index is -2.47.